The van der Waals surface area contributed by atoms with Crippen LogP contribution in [0.4, 0.5) is 0 Å². The maximum atomic E-state index is 12.1. The van der Waals surface area contributed by atoms with Gasteiger partial charge in [-0.15, -0.1) is 0 Å². The third kappa shape index (κ3) is 1.55. The smallest absolute Gasteiger partial charge is 0.276 e. The molecule has 1 amide bonds. The highest BCUT2D eigenvalue weighted by molar-refractivity contribution is 5.94. The number of carbonyl (C=O) groups is 1. The summed E-state index contributed by atoms with van der Waals surface area (Å²) < 4.78 is 1.17. The second-order valence-electron chi connectivity index (χ2n) is 3.63. The molecule has 18 heavy (non-hydrogen) atoms. The minimum absolute atomic E-state index is 0.0705. The highest BCUT2D eigenvalue weighted by Gasteiger charge is 2.18. The number of hydrogen-bond donors (Lipinski definition) is 2. The van der Waals surface area contributed by atoms with Gasteiger partial charge in [0.2, 0.25) is 0 Å². The van der Waals surface area contributed by atoms with Crippen LogP contribution in [0, 0.1) is 11.3 Å². The molecule has 92 valence electrons. The number of aromatic amines is 1. The number of fused-ring (bicyclic) bond motifs is 1. The Morgan fingerprint density at radius 1 is 1.67 bits per heavy atom. The monoisotopic (exact) mass is 245 g/mol. The largest absolute Gasteiger partial charge is 0.354 e. The average molecular weight is 245 g/mol. The van der Waals surface area contributed by atoms with Gasteiger partial charge in [0, 0.05) is 13.2 Å². The Morgan fingerprint density at radius 2 is 2.39 bits per heavy atom. The number of nitrogens with zero attached hydrogens (tertiary/aromatic N) is 3. The number of rotatable bonds is 2. The van der Waals surface area contributed by atoms with Gasteiger partial charge in [-0.05, 0) is 6.42 Å². The van der Waals surface area contributed by atoms with Crippen molar-refractivity contribution >= 4 is 11.6 Å². The lowest BCUT2D eigenvalue weighted by atomic mass is 10.1. The lowest BCUT2D eigenvalue weighted by Crippen LogP contribution is -2.29. The fourth-order valence-electron chi connectivity index (χ4n) is 1.76. The van der Waals surface area contributed by atoms with Crippen LogP contribution in [0.2, 0.25) is 0 Å². The van der Waals surface area contributed by atoms with Gasteiger partial charge in [-0.1, -0.05) is 6.92 Å². The van der Waals surface area contributed by atoms with Crippen molar-refractivity contribution in [3.63, 3.8) is 0 Å². The van der Waals surface area contributed by atoms with Crippen LogP contribution < -0.4 is 10.9 Å². The van der Waals surface area contributed by atoms with Gasteiger partial charge >= 0.3 is 0 Å². The molecule has 0 aliphatic carbocycles. The van der Waals surface area contributed by atoms with Gasteiger partial charge in [-0.2, -0.15) is 5.26 Å². The maximum absolute atomic E-state index is 12.1. The normalized spacial score (nSPS) is 10.3. The first kappa shape index (κ1) is 11.9. The second kappa shape index (κ2) is 4.33. The lowest BCUT2D eigenvalue weighted by molar-refractivity contribution is 0.0957. The van der Waals surface area contributed by atoms with E-state index in [1.54, 1.807) is 6.92 Å². The van der Waals surface area contributed by atoms with E-state index in [2.05, 4.69) is 15.4 Å². The first-order valence-corrected chi connectivity index (χ1v) is 5.39. The first-order chi connectivity index (χ1) is 8.63. The molecule has 2 N–H and O–H groups in total. The zero-order valence-corrected chi connectivity index (χ0v) is 9.94. The van der Waals surface area contributed by atoms with E-state index in [4.69, 9.17) is 5.26 Å². The molecule has 0 bridgehead atoms. The van der Waals surface area contributed by atoms with Crippen molar-refractivity contribution in [3.05, 3.63) is 33.4 Å². The molecule has 0 atom stereocenters. The highest BCUT2D eigenvalue weighted by Crippen LogP contribution is 2.09. The molecule has 2 aromatic heterocycles. The van der Waals surface area contributed by atoms with Gasteiger partial charge in [0.15, 0.2) is 5.65 Å². The number of hydrogen-bond acceptors (Lipinski definition) is 4. The number of amides is 1. The van der Waals surface area contributed by atoms with Crippen LogP contribution in [-0.4, -0.2) is 27.6 Å². The molecule has 7 nitrogen and oxygen atoms in total. The summed E-state index contributed by atoms with van der Waals surface area (Å²) in [6, 6.07) is 1.91. The number of nitriles is 1. The van der Waals surface area contributed by atoms with Crippen LogP contribution >= 0.6 is 0 Å². The number of carbonyl (C=O) groups excluding carboxylic acids is 1. The Balaban J connectivity index is 2.90. The van der Waals surface area contributed by atoms with E-state index < -0.39 is 5.91 Å². The number of H-pyrrole nitrogens is 1. The lowest BCUT2D eigenvalue weighted by Gasteiger charge is -2.05. The van der Waals surface area contributed by atoms with E-state index in [1.165, 1.54) is 17.8 Å². The van der Waals surface area contributed by atoms with Gasteiger partial charge in [0.05, 0.1) is 5.56 Å². The topological polar surface area (TPSA) is 103 Å². The summed E-state index contributed by atoms with van der Waals surface area (Å²) in [7, 11) is 1.47. The molecule has 7 heteroatoms. The van der Waals surface area contributed by atoms with Gasteiger partial charge in [0.25, 0.3) is 11.5 Å². The van der Waals surface area contributed by atoms with Crippen molar-refractivity contribution in [1.29, 1.82) is 5.26 Å². The van der Waals surface area contributed by atoms with E-state index in [0.717, 1.165) is 0 Å². The SMILES string of the molecule is CCc1c(C(=O)NC)nc2c(C#N)c[nH]n2c1=O. The molecule has 0 radical (unpaired) electrons. The quantitative estimate of drug-likeness (QED) is 0.765. The molecule has 2 heterocycles. The van der Waals surface area contributed by atoms with Gasteiger partial charge < -0.3 is 5.32 Å². The Hall–Kier alpha value is -2.62. The van der Waals surface area contributed by atoms with Crippen molar-refractivity contribution in [1.82, 2.24) is 19.9 Å². The molecule has 0 aliphatic rings. The molecule has 2 rings (SSSR count). The fraction of sp³-hybridized carbons (Fsp3) is 0.273. The Kier molecular flexibility index (Phi) is 2.85. The molecule has 0 fully saturated rings. The predicted molar refractivity (Wildman–Crippen MR) is 63.3 cm³/mol. The van der Waals surface area contributed by atoms with Crippen molar-refractivity contribution in [3.8, 4) is 6.07 Å². The van der Waals surface area contributed by atoms with Crippen molar-refractivity contribution in [2.75, 3.05) is 7.05 Å². The van der Waals surface area contributed by atoms with Gasteiger partial charge in [-0.3, -0.25) is 14.7 Å². The zero-order valence-electron chi connectivity index (χ0n) is 9.94. The number of nitrogens with one attached hydrogen (secondary N) is 2. The summed E-state index contributed by atoms with van der Waals surface area (Å²) in [6.45, 7) is 1.77. The van der Waals surface area contributed by atoms with Crippen LogP contribution in [0.3, 0.4) is 0 Å². The maximum Gasteiger partial charge on any atom is 0.276 e. The summed E-state index contributed by atoms with van der Waals surface area (Å²) in [5.41, 5.74) is 0.417. The fourth-order valence-corrected chi connectivity index (χ4v) is 1.76. The molecule has 0 spiro atoms. The average Bonchev–Trinajstić information content (AvgIpc) is 2.80. The number of aromatic nitrogens is 3. The predicted octanol–water partition coefficient (Wildman–Crippen LogP) is -0.184. The minimum Gasteiger partial charge on any atom is -0.354 e. The summed E-state index contributed by atoms with van der Waals surface area (Å²) in [5.74, 6) is -0.434. The molecule has 0 saturated heterocycles. The molecular formula is C11H11N5O2. The van der Waals surface area contributed by atoms with Gasteiger partial charge in [-0.25, -0.2) is 9.50 Å². The standard InChI is InChI=1S/C11H11N5O2/c1-3-7-8(10(17)13-2)15-9-6(4-12)5-14-16(9)11(7)18/h5,14H,3H2,1-2H3,(H,13,17). The van der Waals surface area contributed by atoms with Crippen molar-refractivity contribution < 1.29 is 4.79 Å². The Labute approximate surface area is 102 Å². The van der Waals surface area contributed by atoms with Crippen molar-refractivity contribution in [2.45, 2.75) is 13.3 Å². The van der Waals surface area contributed by atoms with Crippen LogP contribution in [-0.2, 0) is 6.42 Å². The van der Waals surface area contributed by atoms with Crippen LogP contribution in [0.15, 0.2) is 11.0 Å². The van der Waals surface area contributed by atoms with Gasteiger partial charge in [0.1, 0.15) is 17.3 Å². The molecule has 0 saturated carbocycles. The van der Waals surface area contributed by atoms with E-state index in [-0.39, 0.29) is 22.5 Å². The molecule has 0 unspecified atom stereocenters. The van der Waals surface area contributed by atoms with Crippen LogP contribution in [0.5, 0.6) is 0 Å². The second-order valence-corrected chi connectivity index (χ2v) is 3.63. The van der Waals surface area contributed by atoms with E-state index in [1.807, 2.05) is 6.07 Å². The molecular weight excluding hydrogens is 234 g/mol. The Morgan fingerprint density at radius 3 is 2.94 bits per heavy atom. The van der Waals surface area contributed by atoms with Crippen LogP contribution in [0.25, 0.3) is 5.65 Å². The first-order valence-electron chi connectivity index (χ1n) is 5.39. The molecule has 0 aliphatic heterocycles. The van der Waals surface area contributed by atoms with E-state index in [9.17, 15) is 9.59 Å². The summed E-state index contributed by atoms with van der Waals surface area (Å²) in [6.07, 6.45) is 1.77. The van der Waals surface area contributed by atoms with Crippen LogP contribution in [0.1, 0.15) is 28.5 Å². The minimum atomic E-state index is -0.434. The van der Waals surface area contributed by atoms with E-state index >= 15 is 0 Å². The summed E-state index contributed by atoms with van der Waals surface area (Å²) in [4.78, 5) is 27.9. The summed E-state index contributed by atoms with van der Waals surface area (Å²) in [5, 5.41) is 14.0. The van der Waals surface area contributed by atoms with Crippen molar-refractivity contribution in [2.24, 2.45) is 0 Å². The third-order valence-corrected chi connectivity index (χ3v) is 2.67. The summed E-state index contributed by atoms with van der Waals surface area (Å²) >= 11 is 0. The zero-order chi connectivity index (χ0) is 13.3. The third-order valence-electron chi connectivity index (χ3n) is 2.67. The highest BCUT2D eigenvalue weighted by atomic mass is 16.2. The molecule has 2 aromatic rings. The van der Waals surface area contributed by atoms with E-state index in [0.29, 0.717) is 12.0 Å². The Bertz CT molecular complexity index is 719. The molecule has 0 aromatic carbocycles.